The summed E-state index contributed by atoms with van der Waals surface area (Å²) in [6, 6.07) is 6.53. The monoisotopic (exact) mass is 326 g/mol. The molecule has 0 aromatic heterocycles. The number of hydrogen-bond donors (Lipinski definition) is 2. The van der Waals surface area contributed by atoms with Gasteiger partial charge in [0.15, 0.2) is 0 Å². The molecule has 2 bridgehead atoms. The zero-order valence-electron chi connectivity index (χ0n) is 14.5. The first kappa shape index (κ1) is 15.0. The van der Waals surface area contributed by atoms with Crippen LogP contribution in [0.1, 0.15) is 49.7 Å². The molecule has 2 N–H and O–H groups in total. The van der Waals surface area contributed by atoms with Crippen molar-refractivity contribution in [3.8, 4) is 5.75 Å². The molecule has 4 aliphatic rings. The van der Waals surface area contributed by atoms with Crippen molar-refractivity contribution in [3.05, 3.63) is 41.5 Å². The molecule has 3 nitrogen and oxygen atoms in total. The molecule has 0 amide bonds. The third-order valence-electron chi connectivity index (χ3n) is 8.16. The molecule has 4 aliphatic carbocycles. The molecule has 0 saturated heterocycles. The van der Waals surface area contributed by atoms with Crippen LogP contribution in [0, 0.1) is 16.7 Å². The van der Waals surface area contributed by atoms with Gasteiger partial charge >= 0.3 is 0 Å². The van der Waals surface area contributed by atoms with E-state index in [0.717, 1.165) is 31.4 Å². The van der Waals surface area contributed by atoms with Crippen molar-refractivity contribution in [2.75, 3.05) is 7.11 Å². The molecule has 0 heterocycles. The van der Waals surface area contributed by atoms with Gasteiger partial charge < -0.3 is 14.9 Å². The largest absolute Gasteiger partial charge is 0.497 e. The lowest BCUT2D eigenvalue weighted by atomic mass is 9.48. The number of hydrogen-bond acceptors (Lipinski definition) is 3. The van der Waals surface area contributed by atoms with Crippen LogP contribution in [0.25, 0.3) is 0 Å². The number of rotatable bonds is 1. The van der Waals surface area contributed by atoms with E-state index in [1.165, 1.54) is 11.1 Å². The predicted octanol–water partition coefficient (Wildman–Crippen LogP) is 3.19. The van der Waals surface area contributed by atoms with Gasteiger partial charge in [-0.25, -0.2) is 0 Å². The predicted molar refractivity (Wildman–Crippen MR) is 92.0 cm³/mol. The van der Waals surface area contributed by atoms with Gasteiger partial charge in [0, 0.05) is 10.8 Å². The average Bonchev–Trinajstić information content (AvgIpc) is 2.93. The lowest BCUT2D eigenvalue weighted by Crippen LogP contribution is -2.53. The molecule has 0 radical (unpaired) electrons. The average molecular weight is 326 g/mol. The quantitative estimate of drug-likeness (QED) is 0.779. The highest BCUT2D eigenvalue weighted by molar-refractivity contribution is 5.45. The molecule has 3 heteroatoms. The van der Waals surface area contributed by atoms with E-state index in [1.807, 2.05) is 6.08 Å². The molecule has 6 atom stereocenters. The zero-order valence-corrected chi connectivity index (χ0v) is 14.5. The smallest absolute Gasteiger partial charge is 0.119 e. The molecule has 0 aliphatic heterocycles. The van der Waals surface area contributed by atoms with E-state index in [9.17, 15) is 10.2 Å². The maximum Gasteiger partial charge on any atom is 0.119 e. The minimum atomic E-state index is -1.03. The first-order valence-electron chi connectivity index (χ1n) is 9.23. The summed E-state index contributed by atoms with van der Waals surface area (Å²) < 4.78 is 5.40. The molecule has 2 saturated carbocycles. The Balaban J connectivity index is 1.61. The van der Waals surface area contributed by atoms with Crippen LogP contribution in [-0.4, -0.2) is 29.0 Å². The number of aryl methyl sites for hydroxylation is 1. The van der Waals surface area contributed by atoms with Crippen LogP contribution in [0.3, 0.4) is 0 Å². The van der Waals surface area contributed by atoms with Crippen molar-refractivity contribution in [2.24, 2.45) is 16.7 Å². The highest BCUT2D eigenvalue weighted by Gasteiger charge is 2.74. The number of aliphatic hydroxyl groups excluding tert-OH is 1. The highest BCUT2D eigenvalue weighted by Crippen LogP contribution is 2.74. The summed E-state index contributed by atoms with van der Waals surface area (Å²) in [6.07, 6.45) is 8.55. The van der Waals surface area contributed by atoms with E-state index in [2.05, 4.69) is 31.2 Å². The number of ether oxygens (including phenoxy) is 1. The first-order chi connectivity index (χ1) is 11.5. The van der Waals surface area contributed by atoms with E-state index in [1.54, 1.807) is 7.11 Å². The fourth-order valence-electron chi connectivity index (χ4n) is 6.81. The molecule has 0 spiro atoms. The fourth-order valence-corrected chi connectivity index (χ4v) is 6.81. The number of allylic oxidation sites excluding steroid dienone is 1. The summed E-state index contributed by atoms with van der Waals surface area (Å²) >= 11 is 0. The Kier molecular flexibility index (Phi) is 2.77. The third kappa shape index (κ3) is 1.44. The van der Waals surface area contributed by atoms with Gasteiger partial charge in [-0.05, 0) is 67.2 Å². The SMILES string of the molecule is COc1ccc2c(c1)CC[C@H]1[C@@H]2CC[C@@]2(C)[C@]13C=C[C@]2(O)[C@@H](O)C3. The van der Waals surface area contributed by atoms with Gasteiger partial charge in [-0.2, -0.15) is 0 Å². The summed E-state index contributed by atoms with van der Waals surface area (Å²) in [7, 11) is 1.72. The maximum atomic E-state index is 11.2. The summed E-state index contributed by atoms with van der Waals surface area (Å²) in [4.78, 5) is 0. The maximum absolute atomic E-state index is 11.2. The van der Waals surface area contributed by atoms with Crippen molar-refractivity contribution < 1.29 is 14.9 Å². The lowest BCUT2D eigenvalue weighted by Gasteiger charge is -2.56. The Labute approximate surface area is 143 Å². The van der Waals surface area contributed by atoms with Crippen molar-refractivity contribution in [1.82, 2.24) is 0 Å². The molecular formula is C21H26O3. The second kappa shape index (κ2) is 4.44. The molecule has 1 aromatic carbocycles. The van der Waals surface area contributed by atoms with Crippen molar-refractivity contribution in [3.63, 3.8) is 0 Å². The first-order valence-corrected chi connectivity index (χ1v) is 9.23. The Hall–Kier alpha value is -1.32. The fraction of sp³-hybridized carbons (Fsp3) is 0.619. The van der Waals surface area contributed by atoms with Gasteiger partial charge in [-0.1, -0.05) is 25.1 Å². The van der Waals surface area contributed by atoms with Crippen LogP contribution in [0.4, 0.5) is 0 Å². The Morgan fingerprint density at radius 3 is 2.79 bits per heavy atom. The topological polar surface area (TPSA) is 49.7 Å². The molecule has 5 rings (SSSR count). The minimum Gasteiger partial charge on any atom is -0.497 e. The van der Waals surface area contributed by atoms with Gasteiger partial charge in [0.25, 0.3) is 0 Å². The molecule has 0 unspecified atom stereocenters. The van der Waals surface area contributed by atoms with Gasteiger partial charge in [0.1, 0.15) is 11.4 Å². The van der Waals surface area contributed by atoms with Gasteiger partial charge in [0.2, 0.25) is 0 Å². The summed E-state index contributed by atoms with van der Waals surface area (Å²) in [6.45, 7) is 2.21. The number of fused-ring (bicyclic) bond motifs is 3. The van der Waals surface area contributed by atoms with Crippen molar-refractivity contribution >= 4 is 0 Å². The van der Waals surface area contributed by atoms with Crippen LogP contribution in [0.15, 0.2) is 30.4 Å². The Morgan fingerprint density at radius 2 is 2.04 bits per heavy atom. The number of methoxy groups -OCH3 is 1. The van der Waals surface area contributed by atoms with Crippen molar-refractivity contribution in [2.45, 2.75) is 56.7 Å². The molecule has 1 aromatic rings. The minimum absolute atomic E-state index is 0.0539. The Bertz CT molecular complexity index is 741. The lowest BCUT2D eigenvalue weighted by molar-refractivity contribution is -0.112. The van der Waals surface area contributed by atoms with Crippen molar-refractivity contribution in [1.29, 1.82) is 0 Å². The summed E-state index contributed by atoms with van der Waals surface area (Å²) in [5.74, 6) is 1.99. The summed E-state index contributed by atoms with van der Waals surface area (Å²) in [5.41, 5.74) is 1.59. The zero-order chi connectivity index (χ0) is 16.7. The third-order valence-corrected chi connectivity index (χ3v) is 8.16. The molecule has 128 valence electrons. The van der Waals surface area contributed by atoms with Gasteiger partial charge in [0.05, 0.1) is 13.2 Å². The van der Waals surface area contributed by atoms with E-state index in [0.29, 0.717) is 18.3 Å². The standard InChI is InChI=1S/C21H26O3/c1-19-8-7-16-15-5-4-14(24-2)11-13(15)3-6-17(16)20(19)9-10-21(19,23)18(22)12-20/h4-5,9-11,16-18,22-23H,3,6-8,12H2,1-2H3/t16-,17+,18+,19+,20+,21+/m1/s1. The normalized spacial score (nSPS) is 47.9. The highest BCUT2D eigenvalue weighted by atomic mass is 16.5. The molecular weight excluding hydrogens is 300 g/mol. The van der Waals surface area contributed by atoms with Gasteiger partial charge in [-0.15, -0.1) is 0 Å². The van der Waals surface area contributed by atoms with E-state index in [4.69, 9.17) is 4.74 Å². The molecule has 24 heavy (non-hydrogen) atoms. The van der Waals surface area contributed by atoms with Gasteiger partial charge in [-0.3, -0.25) is 0 Å². The Morgan fingerprint density at radius 1 is 1.21 bits per heavy atom. The van der Waals surface area contributed by atoms with Crippen LogP contribution < -0.4 is 4.74 Å². The van der Waals surface area contributed by atoms with Crippen LogP contribution >= 0.6 is 0 Å². The van der Waals surface area contributed by atoms with E-state index < -0.39 is 11.7 Å². The second-order valence-corrected chi connectivity index (χ2v) is 8.61. The van der Waals surface area contributed by atoms with Crippen LogP contribution in [0.2, 0.25) is 0 Å². The van der Waals surface area contributed by atoms with Crippen LogP contribution in [0.5, 0.6) is 5.75 Å². The van der Waals surface area contributed by atoms with Crippen LogP contribution in [-0.2, 0) is 6.42 Å². The number of benzene rings is 1. The second-order valence-electron chi connectivity index (χ2n) is 8.61. The molecule has 2 fully saturated rings. The van der Waals surface area contributed by atoms with E-state index >= 15 is 0 Å². The summed E-state index contributed by atoms with van der Waals surface area (Å²) in [5, 5.41) is 21.8. The van der Waals surface area contributed by atoms with E-state index in [-0.39, 0.29) is 10.8 Å². The number of aliphatic hydroxyl groups is 2.